The molecule has 1 amide bonds. The van der Waals surface area contributed by atoms with Crippen LogP contribution in [0.2, 0.25) is 0 Å². The highest BCUT2D eigenvalue weighted by Gasteiger charge is 2.48. The molecule has 124 valence electrons. The van der Waals surface area contributed by atoms with Crippen molar-refractivity contribution >= 4 is 5.91 Å². The van der Waals surface area contributed by atoms with Gasteiger partial charge in [-0.05, 0) is 75.0 Å². The van der Waals surface area contributed by atoms with Gasteiger partial charge in [-0.25, -0.2) is 0 Å². The van der Waals surface area contributed by atoms with Gasteiger partial charge in [0, 0.05) is 6.04 Å². The van der Waals surface area contributed by atoms with E-state index in [1.165, 1.54) is 44.9 Å². The van der Waals surface area contributed by atoms with Crippen LogP contribution in [0.4, 0.5) is 0 Å². The van der Waals surface area contributed by atoms with Crippen molar-refractivity contribution in [1.29, 1.82) is 0 Å². The fourth-order valence-corrected chi connectivity index (χ4v) is 6.02. The van der Waals surface area contributed by atoms with Crippen LogP contribution in [0.5, 0.6) is 0 Å². The molecule has 1 atom stereocenters. The fraction of sp³-hybridized carbons (Fsp3) is 0.947. The van der Waals surface area contributed by atoms with E-state index in [-0.39, 0.29) is 12.0 Å². The molecule has 3 heteroatoms. The van der Waals surface area contributed by atoms with Crippen molar-refractivity contribution in [1.82, 2.24) is 5.32 Å². The van der Waals surface area contributed by atoms with Crippen LogP contribution in [0.25, 0.3) is 0 Å². The van der Waals surface area contributed by atoms with E-state index in [0.717, 1.165) is 42.9 Å². The number of nitrogens with one attached hydrogen (secondary N) is 1. The first kappa shape index (κ1) is 15.0. The Morgan fingerprint density at radius 3 is 2.18 bits per heavy atom. The summed E-state index contributed by atoms with van der Waals surface area (Å²) in [5.41, 5.74) is 0. The van der Waals surface area contributed by atoms with Crippen LogP contribution in [0.3, 0.4) is 0 Å². The largest absolute Gasteiger partial charge is 0.365 e. The van der Waals surface area contributed by atoms with Crippen molar-refractivity contribution in [3.63, 3.8) is 0 Å². The smallest absolute Gasteiger partial charge is 0.249 e. The molecule has 0 heterocycles. The second kappa shape index (κ2) is 6.14. The van der Waals surface area contributed by atoms with Crippen LogP contribution in [0.1, 0.15) is 71.1 Å². The lowest BCUT2D eigenvalue weighted by molar-refractivity contribution is -0.140. The molecule has 0 aromatic rings. The molecule has 5 saturated carbocycles. The minimum Gasteiger partial charge on any atom is -0.365 e. The molecule has 5 rings (SSSR count). The van der Waals surface area contributed by atoms with Crippen molar-refractivity contribution in [2.24, 2.45) is 23.7 Å². The fourth-order valence-electron chi connectivity index (χ4n) is 6.02. The van der Waals surface area contributed by atoms with E-state index < -0.39 is 0 Å². The van der Waals surface area contributed by atoms with Crippen LogP contribution in [0, 0.1) is 23.7 Å². The normalized spacial score (nSPS) is 41.8. The van der Waals surface area contributed by atoms with Crippen LogP contribution >= 0.6 is 0 Å². The number of ether oxygens (including phenoxy) is 1. The Balaban J connectivity index is 1.36. The minimum atomic E-state index is -0.222. The van der Waals surface area contributed by atoms with Crippen LogP contribution in [-0.4, -0.2) is 24.2 Å². The third-order valence-electron chi connectivity index (χ3n) is 6.86. The summed E-state index contributed by atoms with van der Waals surface area (Å²) < 4.78 is 6.10. The van der Waals surface area contributed by atoms with Gasteiger partial charge in [-0.15, -0.1) is 0 Å². The zero-order valence-electron chi connectivity index (χ0n) is 13.9. The van der Waals surface area contributed by atoms with Gasteiger partial charge in [0.1, 0.15) is 6.10 Å². The van der Waals surface area contributed by atoms with Crippen molar-refractivity contribution < 1.29 is 9.53 Å². The lowest BCUT2D eigenvalue weighted by atomic mass is 9.54. The maximum atomic E-state index is 12.7. The van der Waals surface area contributed by atoms with Crippen LogP contribution in [0.15, 0.2) is 0 Å². The third kappa shape index (κ3) is 2.81. The standard InChI is InChI=1S/C19H31NO2/c1-2-17(22-16-5-3-4-6-16)19(21)20-18-14-8-12-7-13(10-14)11-15(18)9-12/h12-18H,2-11H2,1H3,(H,20,21)/t12?,13?,14?,15?,17-,18?/m1/s1. The molecule has 22 heavy (non-hydrogen) atoms. The number of carbonyl (C=O) groups excluding carboxylic acids is 1. The average Bonchev–Trinajstić information content (AvgIpc) is 3.00. The summed E-state index contributed by atoms with van der Waals surface area (Å²) in [4.78, 5) is 12.7. The molecule has 4 bridgehead atoms. The Hall–Kier alpha value is -0.570. The summed E-state index contributed by atoms with van der Waals surface area (Å²) in [7, 11) is 0. The second-order valence-corrected chi connectivity index (χ2v) is 8.40. The summed E-state index contributed by atoms with van der Waals surface area (Å²) in [6.45, 7) is 2.08. The zero-order chi connectivity index (χ0) is 15.1. The molecule has 5 aliphatic carbocycles. The van der Waals surface area contributed by atoms with E-state index in [2.05, 4.69) is 12.2 Å². The van der Waals surface area contributed by atoms with Gasteiger partial charge in [0.15, 0.2) is 0 Å². The van der Waals surface area contributed by atoms with E-state index in [0.29, 0.717) is 12.1 Å². The Morgan fingerprint density at radius 1 is 1.05 bits per heavy atom. The van der Waals surface area contributed by atoms with Crippen LogP contribution in [-0.2, 0) is 9.53 Å². The number of carbonyl (C=O) groups is 1. The maximum Gasteiger partial charge on any atom is 0.249 e. The van der Waals surface area contributed by atoms with Crippen molar-refractivity contribution in [3.05, 3.63) is 0 Å². The second-order valence-electron chi connectivity index (χ2n) is 8.40. The summed E-state index contributed by atoms with van der Waals surface area (Å²) in [5.74, 6) is 3.61. The highest BCUT2D eigenvalue weighted by Crippen LogP contribution is 2.53. The van der Waals surface area contributed by atoms with Crippen molar-refractivity contribution in [2.45, 2.75) is 89.4 Å². The predicted octanol–water partition coefficient (Wildman–Crippen LogP) is 3.67. The highest BCUT2D eigenvalue weighted by molar-refractivity contribution is 5.81. The van der Waals surface area contributed by atoms with Gasteiger partial charge in [0.2, 0.25) is 5.91 Å². The molecule has 0 aromatic heterocycles. The van der Waals surface area contributed by atoms with Gasteiger partial charge in [-0.3, -0.25) is 4.79 Å². The number of amides is 1. The predicted molar refractivity (Wildman–Crippen MR) is 86.4 cm³/mol. The van der Waals surface area contributed by atoms with Crippen molar-refractivity contribution in [3.8, 4) is 0 Å². The first-order chi connectivity index (χ1) is 10.7. The molecular formula is C19H31NO2. The Bertz CT molecular complexity index is 388. The van der Waals surface area contributed by atoms with Gasteiger partial charge in [0.05, 0.1) is 6.10 Å². The molecule has 0 aliphatic heterocycles. The van der Waals surface area contributed by atoms with E-state index >= 15 is 0 Å². The van der Waals surface area contributed by atoms with E-state index in [4.69, 9.17) is 4.74 Å². The number of rotatable bonds is 5. The molecular weight excluding hydrogens is 274 g/mol. The van der Waals surface area contributed by atoms with Gasteiger partial charge in [0.25, 0.3) is 0 Å². The van der Waals surface area contributed by atoms with Crippen LogP contribution < -0.4 is 5.32 Å². The van der Waals surface area contributed by atoms with Gasteiger partial charge in [-0.1, -0.05) is 19.8 Å². The van der Waals surface area contributed by atoms with Gasteiger partial charge < -0.3 is 10.1 Å². The molecule has 5 aliphatic rings. The average molecular weight is 305 g/mol. The van der Waals surface area contributed by atoms with E-state index in [9.17, 15) is 4.79 Å². The van der Waals surface area contributed by atoms with E-state index in [1.807, 2.05) is 0 Å². The molecule has 0 aromatic carbocycles. The first-order valence-corrected chi connectivity index (χ1v) is 9.68. The Labute approximate surface area is 134 Å². The Kier molecular flexibility index (Phi) is 4.19. The first-order valence-electron chi connectivity index (χ1n) is 9.68. The zero-order valence-corrected chi connectivity index (χ0v) is 13.9. The summed E-state index contributed by atoms with van der Waals surface area (Å²) in [6, 6.07) is 0.446. The quantitative estimate of drug-likeness (QED) is 0.841. The Morgan fingerprint density at radius 2 is 1.64 bits per heavy atom. The molecule has 0 spiro atoms. The topological polar surface area (TPSA) is 38.3 Å². The molecule has 0 radical (unpaired) electrons. The third-order valence-corrected chi connectivity index (χ3v) is 6.86. The summed E-state index contributed by atoms with van der Waals surface area (Å²) in [5, 5.41) is 3.42. The molecule has 5 fully saturated rings. The SMILES string of the molecule is CC[C@@H](OC1CCCC1)C(=O)NC1C2CC3CC(C2)CC1C3. The summed E-state index contributed by atoms with van der Waals surface area (Å²) in [6.07, 6.45) is 12.6. The number of hydrogen-bond donors (Lipinski definition) is 1. The monoisotopic (exact) mass is 305 g/mol. The lowest BCUT2D eigenvalue weighted by Crippen LogP contribution is -2.57. The van der Waals surface area contributed by atoms with Gasteiger partial charge in [-0.2, -0.15) is 0 Å². The molecule has 0 unspecified atom stereocenters. The maximum absolute atomic E-state index is 12.7. The molecule has 0 saturated heterocycles. The highest BCUT2D eigenvalue weighted by atomic mass is 16.5. The van der Waals surface area contributed by atoms with Crippen molar-refractivity contribution in [2.75, 3.05) is 0 Å². The van der Waals surface area contributed by atoms with E-state index in [1.54, 1.807) is 0 Å². The number of hydrogen-bond acceptors (Lipinski definition) is 2. The molecule has 1 N–H and O–H groups in total. The van der Waals surface area contributed by atoms with Gasteiger partial charge >= 0.3 is 0 Å². The summed E-state index contributed by atoms with van der Waals surface area (Å²) >= 11 is 0. The minimum absolute atomic E-state index is 0.173. The lowest BCUT2D eigenvalue weighted by Gasteiger charge is -2.54. The molecule has 3 nitrogen and oxygen atoms in total.